The lowest BCUT2D eigenvalue weighted by Gasteiger charge is -2.36. The Morgan fingerprint density at radius 2 is 1.88 bits per heavy atom. The highest BCUT2D eigenvalue weighted by atomic mass is 32.2. The number of pyridine rings is 1. The number of piperidine rings is 1. The minimum atomic E-state index is -3.31. The highest BCUT2D eigenvalue weighted by molar-refractivity contribution is 7.89. The maximum atomic E-state index is 12.9. The topological polar surface area (TPSA) is 88.5 Å². The Hall–Kier alpha value is -1.84. The van der Waals surface area contributed by atoms with Gasteiger partial charge in [0.25, 0.3) is 0 Å². The Labute approximate surface area is 146 Å². The van der Waals surface area contributed by atoms with Gasteiger partial charge in [-0.3, -0.25) is 4.98 Å². The third-order valence-electron chi connectivity index (χ3n) is 4.77. The fraction of sp³-hybridized carbons (Fsp3) is 0.562. The largest absolute Gasteiger partial charge is 0.379 e. The molecule has 2 aromatic rings. The van der Waals surface area contributed by atoms with E-state index in [1.807, 2.05) is 17.0 Å². The Balaban J connectivity index is 1.55. The molecule has 25 heavy (non-hydrogen) atoms. The van der Waals surface area contributed by atoms with Crippen LogP contribution in [0.25, 0.3) is 11.2 Å². The van der Waals surface area contributed by atoms with Crippen LogP contribution in [0, 0.1) is 0 Å². The van der Waals surface area contributed by atoms with Crippen molar-refractivity contribution in [2.75, 3.05) is 44.3 Å². The van der Waals surface area contributed by atoms with E-state index in [1.54, 1.807) is 16.7 Å². The summed E-state index contributed by atoms with van der Waals surface area (Å²) in [7, 11) is -3.31. The highest BCUT2D eigenvalue weighted by Gasteiger charge is 2.36. The SMILES string of the molecule is O=S(=O)(C1CCCN(c2ccc3nccnc3n2)C1)N1CCOCC1. The number of rotatable bonds is 3. The first-order valence-electron chi connectivity index (χ1n) is 8.54. The average molecular weight is 363 g/mol. The molecule has 2 aliphatic heterocycles. The second-order valence-electron chi connectivity index (χ2n) is 6.34. The molecule has 1 atom stereocenters. The van der Waals surface area contributed by atoms with Gasteiger partial charge in [0.1, 0.15) is 11.3 Å². The van der Waals surface area contributed by atoms with Gasteiger partial charge in [-0.25, -0.2) is 18.4 Å². The number of nitrogens with zero attached hydrogens (tertiary/aromatic N) is 5. The van der Waals surface area contributed by atoms with Gasteiger partial charge >= 0.3 is 0 Å². The van der Waals surface area contributed by atoms with Crippen molar-refractivity contribution in [3.8, 4) is 0 Å². The van der Waals surface area contributed by atoms with Crippen molar-refractivity contribution >= 4 is 27.0 Å². The van der Waals surface area contributed by atoms with Crippen LogP contribution in [0.1, 0.15) is 12.8 Å². The summed E-state index contributed by atoms with van der Waals surface area (Å²) in [6.45, 7) is 3.10. The van der Waals surface area contributed by atoms with Gasteiger partial charge in [-0.1, -0.05) is 0 Å². The Bertz CT molecular complexity index is 854. The van der Waals surface area contributed by atoms with Crippen molar-refractivity contribution in [3.05, 3.63) is 24.5 Å². The van der Waals surface area contributed by atoms with Gasteiger partial charge in [0.2, 0.25) is 10.0 Å². The molecule has 0 radical (unpaired) electrons. The van der Waals surface area contributed by atoms with Gasteiger partial charge in [0, 0.05) is 38.6 Å². The third kappa shape index (κ3) is 3.31. The van der Waals surface area contributed by atoms with Gasteiger partial charge in [-0.15, -0.1) is 0 Å². The van der Waals surface area contributed by atoms with E-state index in [2.05, 4.69) is 15.0 Å². The minimum absolute atomic E-state index is 0.404. The molecular formula is C16H21N5O3S. The van der Waals surface area contributed by atoms with Crippen LogP contribution >= 0.6 is 0 Å². The molecule has 4 heterocycles. The zero-order chi connectivity index (χ0) is 17.3. The van der Waals surface area contributed by atoms with Crippen LogP contribution in [0.4, 0.5) is 5.82 Å². The normalized spacial score (nSPS) is 23.0. The van der Waals surface area contributed by atoms with E-state index in [1.165, 1.54) is 0 Å². The summed E-state index contributed by atoms with van der Waals surface area (Å²) in [6.07, 6.45) is 4.76. The highest BCUT2D eigenvalue weighted by Crippen LogP contribution is 2.25. The first-order valence-corrected chi connectivity index (χ1v) is 10.0. The molecule has 0 aliphatic carbocycles. The van der Waals surface area contributed by atoms with Crippen molar-refractivity contribution < 1.29 is 13.2 Å². The third-order valence-corrected chi connectivity index (χ3v) is 7.08. The summed E-state index contributed by atoms with van der Waals surface area (Å²) in [5.41, 5.74) is 1.32. The zero-order valence-electron chi connectivity index (χ0n) is 13.9. The fourth-order valence-corrected chi connectivity index (χ4v) is 5.33. The predicted octanol–water partition coefficient (Wildman–Crippen LogP) is 0.656. The van der Waals surface area contributed by atoms with Gasteiger partial charge in [-0.2, -0.15) is 4.31 Å². The van der Waals surface area contributed by atoms with Crippen LogP contribution in [0.15, 0.2) is 24.5 Å². The summed E-state index contributed by atoms with van der Waals surface area (Å²) in [5, 5.41) is -0.404. The first kappa shape index (κ1) is 16.6. The second-order valence-corrected chi connectivity index (χ2v) is 8.55. The Kier molecular flexibility index (Phi) is 4.53. The van der Waals surface area contributed by atoms with Crippen molar-refractivity contribution in [1.29, 1.82) is 0 Å². The molecule has 134 valence electrons. The number of hydrogen-bond donors (Lipinski definition) is 0. The lowest BCUT2D eigenvalue weighted by molar-refractivity contribution is 0.0725. The monoisotopic (exact) mass is 363 g/mol. The molecule has 0 N–H and O–H groups in total. The van der Waals surface area contributed by atoms with Crippen LogP contribution in [0.5, 0.6) is 0 Å². The maximum absolute atomic E-state index is 12.9. The van der Waals surface area contributed by atoms with E-state index < -0.39 is 15.3 Å². The predicted molar refractivity (Wildman–Crippen MR) is 93.9 cm³/mol. The van der Waals surface area contributed by atoms with Crippen molar-refractivity contribution in [2.45, 2.75) is 18.1 Å². The van der Waals surface area contributed by atoms with Crippen LogP contribution in [-0.4, -0.2) is 72.3 Å². The van der Waals surface area contributed by atoms with Crippen molar-refractivity contribution in [2.24, 2.45) is 0 Å². The molecule has 2 fully saturated rings. The van der Waals surface area contributed by atoms with E-state index in [9.17, 15) is 8.42 Å². The van der Waals surface area contributed by atoms with Crippen LogP contribution in [-0.2, 0) is 14.8 Å². The quantitative estimate of drug-likeness (QED) is 0.791. The average Bonchev–Trinajstić information content (AvgIpc) is 2.68. The molecule has 9 heteroatoms. The van der Waals surface area contributed by atoms with Crippen LogP contribution in [0.2, 0.25) is 0 Å². The summed E-state index contributed by atoms with van der Waals surface area (Å²) >= 11 is 0. The molecule has 2 saturated heterocycles. The first-order chi connectivity index (χ1) is 12.1. The number of aromatic nitrogens is 3. The molecule has 0 amide bonds. The minimum Gasteiger partial charge on any atom is -0.379 e. The van der Waals surface area contributed by atoms with Gasteiger partial charge in [0.05, 0.1) is 18.5 Å². The van der Waals surface area contributed by atoms with Gasteiger partial charge < -0.3 is 9.64 Å². The van der Waals surface area contributed by atoms with Crippen LogP contribution in [0.3, 0.4) is 0 Å². The Morgan fingerprint density at radius 3 is 2.72 bits per heavy atom. The van der Waals surface area contributed by atoms with Crippen molar-refractivity contribution in [1.82, 2.24) is 19.3 Å². The summed E-state index contributed by atoms with van der Waals surface area (Å²) in [5.74, 6) is 0.759. The summed E-state index contributed by atoms with van der Waals surface area (Å²) < 4.78 is 32.7. The number of hydrogen-bond acceptors (Lipinski definition) is 7. The molecule has 0 spiro atoms. The lowest BCUT2D eigenvalue weighted by Crippen LogP contribution is -2.51. The number of anilines is 1. The lowest BCUT2D eigenvalue weighted by atomic mass is 10.1. The molecule has 2 aromatic heterocycles. The molecule has 0 saturated carbocycles. The molecular weight excluding hydrogens is 342 g/mol. The van der Waals surface area contributed by atoms with E-state index in [-0.39, 0.29) is 0 Å². The molecule has 8 nitrogen and oxygen atoms in total. The van der Waals surface area contributed by atoms with Gasteiger partial charge in [-0.05, 0) is 25.0 Å². The fourth-order valence-electron chi connectivity index (χ4n) is 3.42. The molecule has 2 aliphatic rings. The van der Waals surface area contributed by atoms with E-state index in [0.717, 1.165) is 24.3 Å². The molecule has 4 rings (SSSR count). The van der Waals surface area contributed by atoms with Gasteiger partial charge in [0.15, 0.2) is 5.65 Å². The molecule has 1 unspecified atom stereocenters. The standard InChI is InChI=1S/C16H21N5O3S/c22-25(23,21-8-10-24-11-9-21)13-2-1-7-20(12-13)15-4-3-14-16(19-15)18-6-5-17-14/h3-6,13H,1-2,7-12H2. The number of ether oxygens (including phenoxy) is 1. The molecule has 0 aromatic carbocycles. The number of fused-ring (bicyclic) bond motifs is 1. The Morgan fingerprint density at radius 1 is 1.08 bits per heavy atom. The van der Waals surface area contributed by atoms with E-state index in [4.69, 9.17) is 4.74 Å². The van der Waals surface area contributed by atoms with E-state index >= 15 is 0 Å². The second kappa shape index (κ2) is 6.81. The molecule has 0 bridgehead atoms. The summed E-state index contributed by atoms with van der Waals surface area (Å²) in [4.78, 5) is 15.1. The van der Waals surface area contributed by atoms with Crippen molar-refractivity contribution in [3.63, 3.8) is 0 Å². The van der Waals surface area contributed by atoms with Crippen LogP contribution < -0.4 is 4.90 Å². The maximum Gasteiger partial charge on any atom is 0.218 e. The zero-order valence-corrected chi connectivity index (χ0v) is 14.7. The smallest absolute Gasteiger partial charge is 0.218 e. The summed E-state index contributed by atoms with van der Waals surface area (Å²) in [6, 6.07) is 3.77. The number of sulfonamides is 1. The van der Waals surface area contributed by atoms with E-state index in [0.29, 0.717) is 44.9 Å². The number of morpholine rings is 1.